The van der Waals surface area contributed by atoms with Gasteiger partial charge < -0.3 is 14.2 Å². The number of amides is 1. The minimum atomic E-state index is -0.461. The minimum absolute atomic E-state index is 0.252. The molecule has 1 amide bonds. The van der Waals surface area contributed by atoms with Crippen molar-refractivity contribution in [3.63, 3.8) is 0 Å². The van der Waals surface area contributed by atoms with Gasteiger partial charge in [0.2, 0.25) is 0 Å². The first-order valence-corrected chi connectivity index (χ1v) is 8.82. The number of benzene rings is 2. The second-order valence-electron chi connectivity index (χ2n) is 5.29. The summed E-state index contributed by atoms with van der Waals surface area (Å²) in [4.78, 5) is 11.9. The van der Waals surface area contributed by atoms with Gasteiger partial charge in [0.25, 0.3) is 5.91 Å². The molecule has 0 aliphatic heterocycles. The molecule has 9 heteroatoms. The molecule has 27 heavy (non-hydrogen) atoms. The van der Waals surface area contributed by atoms with E-state index < -0.39 is 5.91 Å². The normalized spacial score (nSPS) is 11.1. The molecule has 0 fully saturated rings. The van der Waals surface area contributed by atoms with Gasteiger partial charge in [-0.3, -0.25) is 4.79 Å². The van der Waals surface area contributed by atoms with E-state index in [1.54, 1.807) is 39.3 Å². The summed E-state index contributed by atoms with van der Waals surface area (Å²) in [6.45, 7) is 1.46. The number of nitrogens with one attached hydrogen (secondary N) is 1. The molecule has 0 spiro atoms. The number of hydrogen-bond donors (Lipinski definition) is 1. The Kier molecular flexibility index (Phi) is 7.59. The van der Waals surface area contributed by atoms with E-state index in [1.807, 2.05) is 0 Å². The molecule has 0 aliphatic carbocycles. The van der Waals surface area contributed by atoms with Crippen molar-refractivity contribution in [1.82, 2.24) is 5.43 Å². The van der Waals surface area contributed by atoms with Gasteiger partial charge in [-0.25, -0.2) is 5.43 Å². The van der Waals surface area contributed by atoms with Crippen LogP contribution in [-0.2, 0) is 4.79 Å². The zero-order chi connectivity index (χ0) is 20.0. The number of carbonyl (C=O) groups excluding carboxylic acids is 1. The third-order valence-electron chi connectivity index (χ3n) is 3.48. The van der Waals surface area contributed by atoms with Crippen molar-refractivity contribution in [2.24, 2.45) is 5.10 Å². The zero-order valence-corrected chi connectivity index (χ0v) is 17.1. The third-order valence-corrected chi connectivity index (χ3v) is 4.50. The minimum Gasteiger partial charge on any atom is -0.493 e. The van der Waals surface area contributed by atoms with Crippen LogP contribution < -0.4 is 19.6 Å². The molecule has 2 aromatic rings. The van der Waals surface area contributed by atoms with Crippen molar-refractivity contribution in [2.75, 3.05) is 20.8 Å². The second kappa shape index (κ2) is 9.69. The average Bonchev–Trinajstić information content (AvgIpc) is 2.67. The zero-order valence-electron chi connectivity index (χ0n) is 14.8. The fourth-order valence-corrected chi connectivity index (χ4v) is 2.65. The quantitative estimate of drug-likeness (QED) is 0.396. The van der Waals surface area contributed by atoms with Crippen molar-refractivity contribution in [3.8, 4) is 17.2 Å². The third kappa shape index (κ3) is 5.66. The first kappa shape index (κ1) is 21.2. The predicted octanol–water partition coefficient (Wildman–Crippen LogP) is 4.58. The molecule has 2 rings (SSSR count). The summed E-state index contributed by atoms with van der Waals surface area (Å²) >= 11 is 17.7. The van der Waals surface area contributed by atoms with Crippen LogP contribution in [0.25, 0.3) is 0 Å². The number of halogens is 3. The molecule has 0 aliphatic rings. The fourth-order valence-electron chi connectivity index (χ4n) is 2.06. The summed E-state index contributed by atoms with van der Waals surface area (Å²) in [5.74, 6) is 0.956. The Labute approximate surface area is 172 Å². The molecule has 0 saturated heterocycles. The van der Waals surface area contributed by atoms with E-state index >= 15 is 0 Å². The molecule has 0 atom stereocenters. The lowest BCUT2D eigenvalue weighted by molar-refractivity contribution is -0.123. The molecule has 144 valence electrons. The van der Waals surface area contributed by atoms with Crippen molar-refractivity contribution in [2.45, 2.75) is 6.92 Å². The Balaban J connectivity index is 1.99. The van der Waals surface area contributed by atoms with Gasteiger partial charge >= 0.3 is 0 Å². The highest BCUT2D eigenvalue weighted by Crippen LogP contribution is 2.33. The molecule has 0 heterocycles. The molecule has 0 radical (unpaired) electrons. The van der Waals surface area contributed by atoms with Crippen LogP contribution in [0.5, 0.6) is 17.2 Å². The van der Waals surface area contributed by atoms with E-state index in [1.165, 1.54) is 12.1 Å². The smallest absolute Gasteiger partial charge is 0.277 e. The van der Waals surface area contributed by atoms with Gasteiger partial charge in [-0.15, -0.1) is 0 Å². The lowest BCUT2D eigenvalue weighted by Gasteiger charge is -2.10. The van der Waals surface area contributed by atoms with E-state index in [9.17, 15) is 4.79 Å². The van der Waals surface area contributed by atoms with Crippen molar-refractivity contribution >= 4 is 46.4 Å². The monoisotopic (exact) mass is 430 g/mol. The van der Waals surface area contributed by atoms with E-state index in [-0.39, 0.29) is 22.4 Å². The number of rotatable bonds is 7. The van der Waals surface area contributed by atoms with Crippen LogP contribution in [0.3, 0.4) is 0 Å². The first-order valence-electron chi connectivity index (χ1n) is 7.68. The average molecular weight is 432 g/mol. The standard InChI is InChI=1S/C18H17Cl3N2O4/c1-10(11-4-5-15(25-2)17(6-11)26-3)22-23-18(24)9-27-16-8-13(20)12(19)7-14(16)21/h4-8H,9H2,1-3H3,(H,23,24). The number of methoxy groups -OCH3 is 2. The summed E-state index contributed by atoms with van der Waals surface area (Å²) in [5, 5.41) is 4.88. The molecule has 0 unspecified atom stereocenters. The number of ether oxygens (including phenoxy) is 3. The largest absolute Gasteiger partial charge is 0.493 e. The van der Waals surface area contributed by atoms with Crippen LogP contribution in [-0.4, -0.2) is 32.4 Å². The van der Waals surface area contributed by atoms with Gasteiger partial charge in [-0.05, 0) is 31.2 Å². The highest BCUT2D eigenvalue weighted by molar-refractivity contribution is 6.43. The Morgan fingerprint density at radius 1 is 0.963 bits per heavy atom. The SMILES string of the molecule is COc1ccc(C(C)=NNC(=O)COc2cc(Cl)c(Cl)cc2Cl)cc1OC. The lowest BCUT2D eigenvalue weighted by Crippen LogP contribution is -2.25. The van der Waals surface area contributed by atoms with Crippen LogP contribution in [0, 0.1) is 0 Å². The number of hydrogen-bond acceptors (Lipinski definition) is 5. The highest BCUT2D eigenvalue weighted by atomic mass is 35.5. The predicted molar refractivity (Wildman–Crippen MR) is 107 cm³/mol. The van der Waals surface area contributed by atoms with E-state index in [4.69, 9.17) is 49.0 Å². The number of hydrazone groups is 1. The summed E-state index contributed by atoms with van der Waals surface area (Å²) in [7, 11) is 3.10. The first-order chi connectivity index (χ1) is 12.8. The van der Waals surface area contributed by atoms with Gasteiger partial charge in [0.1, 0.15) is 5.75 Å². The van der Waals surface area contributed by atoms with E-state index in [0.29, 0.717) is 22.2 Å². The molecular weight excluding hydrogens is 415 g/mol. The van der Waals surface area contributed by atoms with Crippen molar-refractivity contribution in [3.05, 3.63) is 51.0 Å². The Morgan fingerprint density at radius 3 is 2.30 bits per heavy atom. The maximum absolute atomic E-state index is 11.9. The molecule has 0 bridgehead atoms. The van der Waals surface area contributed by atoms with Crippen molar-refractivity contribution < 1.29 is 19.0 Å². The number of nitrogens with zero attached hydrogens (tertiary/aromatic N) is 1. The van der Waals surface area contributed by atoms with Crippen LogP contribution in [0.15, 0.2) is 35.4 Å². The van der Waals surface area contributed by atoms with Gasteiger partial charge in [-0.2, -0.15) is 5.10 Å². The number of carbonyl (C=O) groups is 1. The topological polar surface area (TPSA) is 69.2 Å². The van der Waals surface area contributed by atoms with Gasteiger partial charge in [0, 0.05) is 11.6 Å². The second-order valence-corrected chi connectivity index (χ2v) is 6.51. The van der Waals surface area contributed by atoms with Crippen LogP contribution in [0.2, 0.25) is 15.1 Å². The Morgan fingerprint density at radius 2 is 1.63 bits per heavy atom. The Hall–Kier alpha value is -2.15. The molecule has 1 N–H and O–H groups in total. The summed E-state index contributed by atoms with van der Waals surface area (Å²) in [5.41, 5.74) is 3.76. The van der Waals surface area contributed by atoms with Gasteiger partial charge in [0.05, 0.1) is 35.0 Å². The Bertz CT molecular complexity index is 872. The van der Waals surface area contributed by atoms with Crippen molar-refractivity contribution in [1.29, 1.82) is 0 Å². The maximum atomic E-state index is 11.9. The highest BCUT2D eigenvalue weighted by Gasteiger charge is 2.10. The van der Waals surface area contributed by atoms with E-state index in [0.717, 1.165) is 5.56 Å². The molecule has 0 saturated carbocycles. The van der Waals surface area contributed by atoms with Gasteiger partial charge in [0.15, 0.2) is 18.1 Å². The molecule has 0 aromatic heterocycles. The molecular formula is C18H17Cl3N2O4. The van der Waals surface area contributed by atoms with Crippen LogP contribution >= 0.6 is 34.8 Å². The molecule has 2 aromatic carbocycles. The van der Waals surface area contributed by atoms with Gasteiger partial charge in [-0.1, -0.05) is 34.8 Å². The molecule has 6 nitrogen and oxygen atoms in total. The van der Waals surface area contributed by atoms with Crippen LogP contribution in [0.4, 0.5) is 0 Å². The maximum Gasteiger partial charge on any atom is 0.277 e. The van der Waals surface area contributed by atoms with Crippen LogP contribution in [0.1, 0.15) is 12.5 Å². The summed E-state index contributed by atoms with van der Waals surface area (Å²) < 4.78 is 15.8. The lowest BCUT2D eigenvalue weighted by atomic mass is 10.1. The summed E-state index contributed by atoms with van der Waals surface area (Å²) in [6, 6.07) is 8.20. The summed E-state index contributed by atoms with van der Waals surface area (Å²) in [6.07, 6.45) is 0. The fraction of sp³-hybridized carbons (Fsp3) is 0.222. The van der Waals surface area contributed by atoms with E-state index in [2.05, 4.69) is 10.5 Å².